The lowest BCUT2D eigenvalue weighted by atomic mass is 9.99. The van der Waals surface area contributed by atoms with E-state index in [2.05, 4.69) is 4.98 Å². The minimum atomic E-state index is -4.43. The summed E-state index contributed by atoms with van der Waals surface area (Å²) in [5.74, 6) is -3.31. The summed E-state index contributed by atoms with van der Waals surface area (Å²) in [5.41, 5.74) is -1.92. The number of nitrogens with zero attached hydrogens (tertiary/aromatic N) is 1. The molecule has 1 unspecified atom stereocenters. The van der Waals surface area contributed by atoms with Crippen LogP contribution in [0.4, 0.5) is 0 Å². The van der Waals surface area contributed by atoms with E-state index in [9.17, 15) is 27.6 Å². The van der Waals surface area contributed by atoms with E-state index in [-0.39, 0.29) is 0 Å². The highest BCUT2D eigenvalue weighted by Gasteiger charge is 2.56. The Bertz CT molecular complexity index is 963. The van der Waals surface area contributed by atoms with E-state index in [4.69, 9.17) is 23.7 Å². The van der Waals surface area contributed by atoms with Crippen molar-refractivity contribution in [2.75, 3.05) is 6.61 Å². The van der Waals surface area contributed by atoms with Crippen LogP contribution in [0.15, 0.2) is 29.4 Å². The third-order valence-electron chi connectivity index (χ3n) is 4.18. The van der Waals surface area contributed by atoms with Gasteiger partial charge >= 0.3 is 23.9 Å². The summed E-state index contributed by atoms with van der Waals surface area (Å²) in [6.07, 6.45) is -4.89. The molecule has 12 nitrogen and oxygen atoms in total. The van der Waals surface area contributed by atoms with Crippen LogP contribution in [0.3, 0.4) is 0 Å². The molecular formula is C19H23NO11S. The molecule has 0 N–H and O–H groups in total. The van der Waals surface area contributed by atoms with Crippen LogP contribution in [0.1, 0.15) is 27.7 Å². The van der Waals surface area contributed by atoms with Crippen molar-refractivity contribution in [2.24, 2.45) is 0 Å². The molecule has 0 aromatic carbocycles. The number of pyridine rings is 1. The largest absolute Gasteiger partial charge is 0.463 e. The quantitative estimate of drug-likeness (QED) is 0.384. The van der Waals surface area contributed by atoms with E-state index >= 15 is 0 Å². The first-order valence-electron chi connectivity index (χ1n) is 9.39. The topological polar surface area (TPSA) is 161 Å². The third kappa shape index (κ3) is 6.23. The molecule has 1 aromatic heterocycles. The van der Waals surface area contributed by atoms with Crippen molar-refractivity contribution < 1.29 is 51.3 Å². The second-order valence-corrected chi connectivity index (χ2v) is 8.75. The first-order chi connectivity index (χ1) is 14.9. The average Bonchev–Trinajstić information content (AvgIpc) is 2.69. The molecule has 0 bridgehead atoms. The van der Waals surface area contributed by atoms with Gasteiger partial charge in [0.25, 0.3) is 0 Å². The fourth-order valence-electron chi connectivity index (χ4n) is 3.07. The summed E-state index contributed by atoms with van der Waals surface area (Å²) in [7, 11) is -4.43. The Labute approximate surface area is 184 Å². The van der Waals surface area contributed by atoms with Gasteiger partial charge in [-0.3, -0.25) is 19.2 Å². The molecule has 0 amide bonds. The first kappa shape index (κ1) is 25.2. The molecule has 1 saturated heterocycles. The van der Waals surface area contributed by atoms with Crippen molar-refractivity contribution in [3.63, 3.8) is 0 Å². The summed E-state index contributed by atoms with van der Waals surface area (Å²) in [4.78, 5) is 50.4. The van der Waals surface area contributed by atoms with Crippen LogP contribution in [0.2, 0.25) is 0 Å². The number of aromatic nitrogens is 1. The average molecular weight is 473 g/mol. The molecule has 0 spiro atoms. The Morgan fingerprint density at radius 2 is 1.44 bits per heavy atom. The molecular weight excluding hydrogens is 450 g/mol. The predicted octanol–water partition coefficient (Wildman–Crippen LogP) is -0.0616. The normalized spacial score (nSPS) is 25.3. The zero-order valence-corrected chi connectivity index (χ0v) is 18.6. The molecule has 1 aliphatic rings. The van der Waals surface area contributed by atoms with Crippen molar-refractivity contribution in [1.82, 2.24) is 4.98 Å². The summed E-state index contributed by atoms with van der Waals surface area (Å²) in [6, 6.07) is 4.11. The second-order valence-electron chi connectivity index (χ2n) is 6.78. The van der Waals surface area contributed by atoms with E-state index in [1.807, 2.05) is 0 Å². The minimum absolute atomic E-state index is 0.402. The zero-order valence-electron chi connectivity index (χ0n) is 17.7. The molecule has 2 heterocycles. The lowest BCUT2D eigenvalue weighted by Crippen LogP contribution is -2.64. The molecule has 0 radical (unpaired) electrons. The third-order valence-corrected chi connectivity index (χ3v) is 6.00. The van der Waals surface area contributed by atoms with Crippen LogP contribution in [0.25, 0.3) is 0 Å². The van der Waals surface area contributed by atoms with Crippen LogP contribution < -0.4 is 0 Å². The van der Waals surface area contributed by atoms with Gasteiger partial charge in [0.15, 0.2) is 23.3 Å². The number of esters is 4. The van der Waals surface area contributed by atoms with E-state index in [0.717, 1.165) is 27.7 Å². The van der Waals surface area contributed by atoms with Gasteiger partial charge in [-0.05, 0) is 12.1 Å². The van der Waals surface area contributed by atoms with Gasteiger partial charge in [-0.25, -0.2) is 13.4 Å². The van der Waals surface area contributed by atoms with Crippen molar-refractivity contribution in [2.45, 2.75) is 62.6 Å². The lowest BCUT2D eigenvalue weighted by Gasteiger charge is -2.43. The highest BCUT2D eigenvalue weighted by Crippen LogP contribution is 2.33. The fraction of sp³-hybridized carbons (Fsp3) is 0.526. The van der Waals surface area contributed by atoms with Crippen molar-refractivity contribution in [3.8, 4) is 0 Å². The van der Waals surface area contributed by atoms with Crippen LogP contribution in [-0.4, -0.2) is 73.7 Å². The number of sulfone groups is 1. The van der Waals surface area contributed by atoms with Crippen molar-refractivity contribution >= 4 is 33.7 Å². The Kier molecular flexibility index (Phi) is 8.27. The molecule has 0 aliphatic carbocycles. The van der Waals surface area contributed by atoms with Crippen molar-refractivity contribution in [1.29, 1.82) is 0 Å². The Hall–Kier alpha value is -3.06. The molecule has 1 aromatic rings. The highest BCUT2D eigenvalue weighted by atomic mass is 32.2. The maximum absolute atomic E-state index is 13.3. The standard InChI is InChI=1S/C19H23NO11S/c1-10(21)27-9-14-16(28-11(2)22)17(29-12(3)23)18(30-13(4)24)19(31-14)32(25,26)15-7-5-6-8-20-15/h5-8,14,16-19H,9H2,1-4H3/t14-,16-,17+,18-,19?/m1/s1. The van der Waals surface area contributed by atoms with Gasteiger partial charge in [0, 0.05) is 33.9 Å². The van der Waals surface area contributed by atoms with Crippen LogP contribution in [0.5, 0.6) is 0 Å². The maximum Gasteiger partial charge on any atom is 0.303 e. The molecule has 176 valence electrons. The van der Waals surface area contributed by atoms with Gasteiger partial charge in [0.2, 0.25) is 15.3 Å². The first-order valence-corrected chi connectivity index (χ1v) is 10.9. The maximum atomic E-state index is 13.3. The van der Waals surface area contributed by atoms with Gasteiger partial charge < -0.3 is 23.7 Å². The van der Waals surface area contributed by atoms with Crippen LogP contribution >= 0.6 is 0 Å². The highest BCUT2D eigenvalue weighted by molar-refractivity contribution is 7.91. The second kappa shape index (κ2) is 10.5. The molecule has 1 aliphatic heterocycles. The van der Waals surface area contributed by atoms with E-state index in [0.29, 0.717) is 0 Å². The molecule has 2 rings (SSSR count). The number of carbonyl (C=O) groups is 4. The Morgan fingerprint density at radius 3 is 1.94 bits per heavy atom. The van der Waals surface area contributed by atoms with Gasteiger partial charge in [0.05, 0.1) is 0 Å². The van der Waals surface area contributed by atoms with Crippen LogP contribution in [-0.2, 0) is 52.7 Å². The summed E-state index contributed by atoms with van der Waals surface area (Å²) >= 11 is 0. The summed E-state index contributed by atoms with van der Waals surface area (Å²) in [6.45, 7) is 3.68. The smallest absolute Gasteiger partial charge is 0.303 e. The molecule has 5 atom stereocenters. The Balaban J connectivity index is 2.61. The minimum Gasteiger partial charge on any atom is -0.463 e. The van der Waals surface area contributed by atoms with E-state index < -0.39 is 75.2 Å². The number of rotatable bonds is 7. The molecule has 13 heteroatoms. The van der Waals surface area contributed by atoms with Gasteiger partial charge in [-0.2, -0.15) is 0 Å². The SMILES string of the molecule is CC(=O)OC[C@H]1OC(S(=O)(=O)c2ccccn2)[C@H](OC(C)=O)[C@@H](OC(C)=O)[C@@H]1OC(C)=O. The Morgan fingerprint density at radius 1 is 0.875 bits per heavy atom. The van der Waals surface area contributed by atoms with E-state index in [1.54, 1.807) is 0 Å². The van der Waals surface area contributed by atoms with Crippen LogP contribution in [0, 0.1) is 0 Å². The zero-order chi connectivity index (χ0) is 24.1. The van der Waals surface area contributed by atoms with Gasteiger partial charge in [-0.1, -0.05) is 6.07 Å². The summed E-state index contributed by atoms with van der Waals surface area (Å²) < 4.78 is 52.7. The molecule has 0 saturated carbocycles. The number of ether oxygens (including phenoxy) is 5. The fourth-order valence-corrected chi connectivity index (χ4v) is 4.64. The predicted molar refractivity (Wildman–Crippen MR) is 103 cm³/mol. The van der Waals surface area contributed by atoms with Crippen molar-refractivity contribution in [3.05, 3.63) is 24.4 Å². The lowest BCUT2D eigenvalue weighted by molar-refractivity contribution is -0.238. The molecule has 1 fully saturated rings. The number of carbonyl (C=O) groups excluding carboxylic acids is 4. The molecule has 32 heavy (non-hydrogen) atoms. The van der Waals surface area contributed by atoms with Gasteiger partial charge in [0.1, 0.15) is 12.7 Å². The monoisotopic (exact) mass is 473 g/mol. The number of hydrogen-bond donors (Lipinski definition) is 0. The number of hydrogen-bond acceptors (Lipinski definition) is 12. The van der Waals surface area contributed by atoms with E-state index in [1.165, 1.54) is 24.4 Å². The summed E-state index contributed by atoms with van der Waals surface area (Å²) in [5, 5.41) is -0.402. The van der Waals surface area contributed by atoms with Gasteiger partial charge in [-0.15, -0.1) is 0 Å².